The largest absolute Gasteiger partial charge is 0.468 e. The van der Waals surface area contributed by atoms with Gasteiger partial charge in [0.05, 0.1) is 28.4 Å². The van der Waals surface area contributed by atoms with Crippen molar-refractivity contribution in [2.45, 2.75) is 373 Å². The number of rotatable bonds is 10. The SMILES string of the molecule is Cc1cc2c3c(c1)N(c1ccc4c(c1)C(C)(C)CCC4(C)C)c1c(oc4cc5c(cc14)C1(C)CCC5(Cc4cccc(-c5ccc(N(c6ccccc6)c6cc7c8c(c6)N(c6ccc9c(c6)C(C)(C)CCC9(C)C)c6c(oc9cc%10c(cc69)C(C)(C)CCC%10(C)C)B8c6cc(C(C)(C)C)ccc6N7c6cc7c(cc6C)C(C)(C)CCC7(C)C)cc5)c4)C1)B3c1cc(C(C)(C)C)ccc1N2c1cc2c(cc1C)C(C)(C)CCC2(C)C. The number of aryl methyl sites for hydroxylation is 3. The molecule has 9 heteroatoms. The lowest BCUT2D eigenvalue weighted by atomic mass is 9.35. The van der Waals surface area contributed by atoms with Crippen molar-refractivity contribution in [1.82, 2.24) is 0 Å². The molecule has 758 valence electrons. The Labute approximate surface area is 890 Å². The Hall–Kier alpha value is -11.9. The van der Waals surface area contributed by atoms with Gasteiger partial charge in [-0.2, -0.15) is 0 Å². The first kappa shape index (κ1) is 96.6. The third-order valence-electron chi connectivity index (χ3n) is 40.6. The van der Waals surface area contributed by atoms with E-state index in [0.29, 0.717) is 0 Å². The zero-order chi connectivity index (χ0) is 104. The third kappa shape index (κ3) is 14.3. The molecular weight excluding hydrogens is 1810 g/mol. The van der Waals surface area contributed by atoms with Gasteiger partial charge in [0.2, 0.25) is 0 Å². The Balaban J connectivity index is 0.629. The van der Waals surface area contributed by atoms with E-state index in [1.807, 2.05) is 0 Å². The second kappa shape index (κ2) is 31.4. The van der Waals surface area contributed by atoms with E-state index in [-0.39, 0.29) is 89.2 Å². The lowest BCUT2D eigenvalue weighted by Crippen LogP contribution is -2.61. The van der Waals surface area contributed by atoms with Crippen LogP contribution in [0.2, 0.25) is 0 Å². The molecule has 7 aliphatic carbocycles. The smallest absolute Gasteiger partial charge is 0.297 e. The molecule has 0 saturated heterocycles. The van der Waals surface area contributed by atoms with Gasteiger partial charge in [-0.1, -0.05) is 290 Å². The van der Waals surface area contributed by atoms with E-state index >= 15 is 0 Å². The van der Waals surface area contributed by atoms with Crippen LogP contribution >= 0.6 is 0 Å². The van der Waals surface area contributed by atoms with Crippen molar-refractivity contribution < 1.29 is 8.83 Å². The van der Waals surface area contributed by atoms with E-state index in [0.717, 1.165) is 134 Å². The summed E-state index contributed by atoms with van der Waals surface area (Å²) < 4.78 is 16.2. The molecule has 1 saturated carbocycles. The molecule has 26 rings (SSSR count). The first-order chi connectivity index (χ1) is 70.0. The van der Waals surface area contributed by atoms with Crippen LogP contribution in [-0.2, 0) is 82.2 Å². The first-order valence-electron chi connectivity index (χ1n) is 56.7. The third-order valence-corrected chi connectivity index (χ3v) is 40.6. The Morgan fingerprint density at radius 1 is 0.289 bits per heavy atom. The molecule has 2 atom stereocenters. The van der Waals surface area contributed by atoms with Gasteiger partial charge in [0.25, 0.3) is 13.4 Å². The highest BCUT2D eigenvalue weighted by molar-refractivity contribution is 7.00. The van der Waals surface area contributed by atoms with Crippen molar-refractivity contribution in [1.29, 1.82) is 0 Å². The fourth-order valence-electron chi connectivity index (χ4n) is 30.8. The zero-order valence-corrected chi connectivity index (χ0v) is 95.0. The summed E-state index contributed by atoms with van der Waals surface area (Å²) in [6.45, 7) is 73.3. The van der Waals surface area contributed by atoms with Gasteiger partial charge in [-0.3, -0.25) is 0 Å². The summed E-state index contributed by atoms with van der Waals surface area (Å²) in [5.41, 5.74) is 54.3. The topological polar surface area (TPSA) is 42.5 Å². The number of hydrogen-bond acceptors (Lipinski definition) is 7. The van der Waals surface area contributed by atoms with Crippen LogP contribution in [-0.4, -0.2) is 13.4 Å². The molecule has 11 aliphatic rings. The lowest BCUT2D eigenvalue weighted by Gasteiger charge is -2.46. The number of furan rings is 2. The maximum Gasteiger partial charge on any atom is 0.297 e. The molecule has 2 aromatic heterocycles. The van der Waals surface area contributed by atoms with Crippen LogP contribution in [0.5, 0.6) is 0 Å². The number of nitrogens with zero attached hydrogens (tertiary/aromatic N) is 5. The van der Waals surface area contributed by atoms with Gasteiger partial charge in [-0.15, -0.1) is 0 Å². The Bertz CT molecular complexity index is 8280. The highest BCUT2D eigenvalue weighted by Gasteiger charge is 2.59. The zero-order valence-electron chi connectivity index (χ0n) is 95.0. The highest BCUT2D eigenvalue weighted by Crippen LogP contribution is 2.66. The van der Waals surface area contributed by atoms with E-state index < -0.39 is 0 Å². The quantitative estimate of drug-likeness (QED) is 0.126. The molecule has 2 bridgehead atoms. The fourth-order valence-corrected chi connectivity index (χ4v) is 30.8. The summed E-state index contributed by atoms with van der Waals surface area (Å²) in [6, 6.07) is 91.9. The average Bonchev–Trinajstić information content (AvgIpc) is 1.59. The van der Waals surface area contributed by atoms with Crippen LogP contribution < -0.4 is 57.7 Å². The molecule has 15 aromatic rings. The number of anilines is 15. The van der Waals surface area contributed by atoms with Crippen LogP contribution in [0.4, 0.5) is 85.3 Å². The summed E-state index contributed by atoms with van der Waals surface area (Å²) in [5, 5.41) is 2.40. The molecule has 2 unspecified atom stereocenters. The Kier molecular flexibility index (Phi) is 20.4. The van der Waals surface area contributed by atoms with Gasteiger partial charge < -0.3 is 33.3 Å². The second-order valence-corrected chi connectivity index (χ2v) is 57.6. The van der Waals surface area contributed by atoms with Crippen LogP contribution in [0, 0.1) is 20.8 Å². The number of benzene rings is 13. The van der Waals surface area contributed by atoms with Gasteiger partial charge in [-0.05, 0) is 436 Å². The average molecular weight is 1960 g/mol. The minimum absolute atomic E-state index is 0.00780. The first-order valence-corrected chi connectivity index (χ1v) is 56.7. The summed E-state index contributed by atoms with van der Waals surface area (Å²) >= 11 is 0. The molecule has 4 aliphatic heterocycles. The Morgan fingerprint density at radius 2 is 0.671 bits per heavy atom. The van der Waals surface area contributed by atoms with E-state index in [4.69, 9.17) is 8.83 Å². The minimum Gasteiger partial charge on any atom is -0.468 e. The van der Waals surface area contributed by atoms with Crippen LogP contribution in [0.1, 0.15) is 371 Å². The summed E-state index contributed by atoms with van der Waals surface area (Å²) in [5.74, 6) is 0. The molecule has 0 amide bonds. The van der Waals surface area contributed by atoms with Crippen molar-refractivity contribution in [3.63, 3.8) is 0 Å². The molecule has 6 heterocycles. The summed E-state index contributed by atoms with van der Waals surface area (Å²) in [4.78, 5) is 13.4. The number of para-hydroxylation sites is 1. The van der Waals surface area contributed by atoms with Crippen molar-refractivity contribution in [2.75, 3.05) is 24.5 Å². The van der Waals surface area contributed by atoms with Crippen molar-refractivity contribution in [3.05, 3.63) is 325 Å². The van der Waals surface area contributed by atoms with Crippen LogP contribution in [0.25, 0.3) is 33.1 Å². The van der Waals surface area contributed by atoms with Gasteiger partial charge >= 0.3 is 0 Å². The standard InChI is InChI=1S/C140H155B2N5O2/c1-82-63-115-121-116(64-82)146(113-76-104-99(65-83(113)2)131(14,15)55-58-136(104,24)25)111-49-41-88(127(4,5)6)68-109(111)141(121)126-124(144(115)92-45-47-97-101(70-92)133(18,19)53-51-129(97,10)11)96-75-107-108(79-120(96)149-126)140(62-61-139(107,30)81-140)80-85-35-34-36-87(67-85)86-39-43-91(44-40-86)143(90-37-32-31-33-38-90)94-72-117-122-118(73-94)147(114-77-105-100(66-84(114)3)132(16,17)56-59-137(105,26)27)112-50-42-89(128(7,8)9)69-110(112)142(122)125-123(95-74-103-106(78-119(95)148-125)138(28,29)60-57-135(103,22)23)145(117)93-46-48-98-102(71-93)134(20,21)54-52-130(98,12)13/h31-50,63-79H,51-62,80-81H2,1-30H3. The molecule has 0 spiro atoms. The van der Waals surface area contributed by atoms with E-state index in [2.05, 4.69) is 457 Å². The maximum absolute atomic E-state index is 8.16. The molecule has 0 N–H and O–H groups in total. The van der Waals surface area contributed by atoms with Crippen molar-refractivity contribution in [3.8, 4) is 11.1 Å². The molecule has 149 heavy (non-hydrogen) atoms. The molecular formula is C140H155B2N5O2. The van der Waals surface area contributed by atoms with E-state index in [9.17, 15) is 0 Å². The predicted molar refractivity (Wildman–Crippen MR) is 635 cm³/mol. The second-order valence-electron chi connectivity index (χ2n) is 57.6. The van der Waals surface area contributed by atoms with Crippen molar-refractivity contribution in [2.24, 2.45) is 0 Å². The lowest BCUT2D eigenvalue weighted by molar-refractivity contribution is 0.332. The van der Waals surface area contributed by atoms with Gasteiger partial charge in [0, 0.05) is 84.4 Å². The summed E-state index contributed by atoms with van der Waals surface area (Å²) in [6.07, 6.45) is 15.6. The molecule has 0 radical (unpaired) electrons. The normalized spacial score (nSPS) is 21.5. The molecule has 7 nitrogen and oxygen atoms in total. The van der Waals surface area contributed by atoms with E-state index in [1.54, 1.807) is 0 Å². The number of hydrogen-bond donors (Lipinski definition) is 0. The van der Waals surface area contributed by atoms with E-state index in [1.165, 1.54) is 207 Å². The predicted octanol–water partition coefficient (Wildman–Crippen LogP) is 34.7. The van der Waals surface area contributed by atoms with Crippen molar-refractivity contribution >= 4 is 154 Å². The summed E-state index contributed by atoms with van der Waals surface area (Å²) in [7, 11) is 0. The van der Waals surface area contributed by atoms with Gasteiger partial charge in [0.15, 0.2) is 0 Å². The van der Waals surface area contributed by atoms with Gasteiger partial charge in [-0.25, -0.2) is 0 Å². The van der Waals surface area contributed by atoms with Crippen LogP contribution in [0.3, 0.4) is 0 Å². The highest BCUT2D eigenvalue weighted by atomic mass is 16.3. The minimum atomic E-state index is -0.270. The molecule has 1 fully saturated rings. The molecule has 13 aromatic carbocycles. The maximum atomic E-state index is 8.16. The fraction of sp³-hybridized carbons (Fsp3) is 0.414. The number of fused-ring (bicyclic) bond motifs is 22. The van der Waals surface area contributed by atoms with Crippen LogP contribution in [0.15, 0.2) is 233 Å². The van der Waals surface area contributed by atoms with Gasteiger partial charge in [0.1, 0.15) is 11.2 Å². The Morgan fingerprint density at radius 3 is 1.12 bits per heavy atom. The monoisotopic (exact) mass is 1960 g/mol.